The number of thiocarbonyl (C=S) groups is 1. The lowest BCUT2D eigenvalue weighted by Gasteiger charge is -2.26. The maximum Gasteiger partial charge on any atom is 0.242 e. The zero-order chi connectivity index (χ0) is 15.3. The molecule has 110 valence electrons. The second-order valence-electron chi connectivity index (χ2n) is 4.42. The number of anilines is 1. The van der Waals surface area contributed by atoms with Gasteiger partial charge < -0.3 is 15.5 Å². The summed E-state index contributed by atoms with van der Waals surface area (Å²) < 4.78 is 13.8. The molecule has 1 rings (SSSR count). The number of nitrogens with two attached hydrogens (primary N) is 1. The summed E-state index contributed by atoms with van der Waals surface area (Å²) in [6.07, 6.45) is 0. The average molecular weight is 297 g/mol. The Morgan fingerprint density at radius 2 is 1.95 bits per heavy atom. The lowest BCUT2D eigenvalue weighted by molar-refractivity contribution is -0.129. The van der Waals surface area contributed by atoms with Crippen molar-refractivity contribution in [3.63, 3.8) is 0 Å². The number of hydrogen-bond acceptors (Lipinski definition) is 3. The van der Waals surface area contributed by atoms with Gasteiger partial charge in [-0.05, 0) is 26.0 Å². The minimum absolute atomic E-state index is 0.0137. The molecule has 0 fully saturated rings. The number of rotatable bonds is 6. The number of benzene rings is 1. The van der Waals surface area contributed by atoms with Crippen molar-refractivity contribution in [3.05, 3.63) is 29.6 Å². The molecule has 2 N–H and O–H groups in total. The van der Waals surface area contributed by atoms with Gasteiger partial charge >= 0.3 is 0 Å². The van der Waals surface area contributed by atoms with Crippen LogP contribution in [0.1, 0.15) is 19.4 Å². The summed E-state index contributed by atoms with van der Waals surface area (Å²) in [4.78, 5) is 15.5. The Kier molecular flexibility index (Phi) is 5.88. The van der Waals surface area contributed by atoms with Gasteiger partial charge in [-0.2, -0.15) is 0 Å². The number of nitrogens with zero attached hydrogens (tertiary/aromatic N) is 2. The van der Waals surface area contributed by atoms with Gasteiger partial charge in [0, 0.05) is 20.1 Å². The second kappa shape index (κ2) is 7.19. The molecule has 0 saturated carbocycles. The van der Waals surface area contributed by atoms with Crippen LogP contribution in [0.25, 0.3) is 0 Å². The predicted molar refractivity (Wildman–Crippen MR) is 83.5 cm³/mol. The van der Waals surface area contributed by atoms with E-state index in [4.69, 9.17) is 18.0 Å². The van der Waals surface area contributed by atoms with E-state index in [0.717, 1.165) is 0 Å². The number of carbonyl (C=O) groups excluding carboxylic acids is 1. The van der Waals surface area contributed by atoms with Crippen molar-refractivity contribution in [2.75, 3.05) is 31.6 Å². The molecular weight excluding hydrogens is 277 g/mol. The van der Waals surface area contributed by atoms with Crippen LogP contribution in [0.15, 0.2) is 18.2 Å². The minimum atomic E-state index is -0.475. The third-order valence-electron chi connectivity index (χ3n) is 3.14. The van der Waals surface area contributed by atoms with Gasteiger partial charge in [0.2, 0.25) is 5.91 Å². The van der Waals surface area contributed by atoms with E-state index in [0.29, 0.717) is 18.8 Å². The number of amides is 1. The highest BCUT2D eigenvalue weighted by atomic mass is 32.1. The highest BCUT2D eigenvalue weighted by molar-refractivity contribution is 7.80. The summed E-state index contributed by atoms with van der Waals surface area (Å²) in [6.45, 7) is 5.29. The first kappa shape index (κ1) is 16.4. The van der Waals surface area contributed by atoms with Crippen LogP contribution in [0.2, 0.25) is 0 Å². The zero-order valence-corrected chi connectivity index (χ0v) is 12.8. The van der Waals surface area contributed by atoms with E-state index in [1.807, 2.05) is 13.8 Å². The van der Waals surface area contributed by atoms with E-state index < -0.39 is 5.82 Å². The fraction of sp³-hybridized carbons (Fsp3) is 0.429. The quantitative estimate of drug-likeness (QED) is 0.813. The number of halogens is 1. The van der Waals surface area contributed by atoms with E-state index >= 15 is 0 Å². The molecule has 0 aliphatic heterocycles. The normalized spacial score (nSPS) is 10.2. The summed E-state index contributed by atoms with van der Waals surface area (Å²) in [5.41, 5.74) is 6.27. The van der Waals surface area contributed by atoms with Crippen LogP contribution in [-0.4, -0.2) is 42.5 Å². The van der Waals surface area contributed by atoms with Crippen LogP contribution in [0.3, 0.4) is 0 Å². The van der Waals surface area contributed by atoms with Crippen molar-refractivity contribution < 1.29 is 9.18 Å². The van der Waals surface area contributed by atoms with Gasteiger partial charge in [-0.3, -0.25) is 4.79 Å². The molecule has 0 spiro atoms. The summed E-state index contributed by atoms with van der Waals surface area (Å²) in [5, 5.41) is 0. The maximum absolute atomic E-state index is 13.8. The van der Waals surface area contributed by atoms with Crippen molar-refractivity contribution >= 4 is 28.8 Å². The molecule has 1 aromatic rings. The van der Waals surface area contributed by atoms with E-state index in [2.05, 4.69) is 0 Å². The number of likely N-dealkylation sites (N-methyl/N-ethyl adjacent to an activating group) is 2. The summed E-state index contributed by atoms with van der Waals surface area (Å²) in [7, 11) is 1.72. The predicted octanol–water partition coefficient (Wildman–Crippen LogP) is 1.76. The Balaban J connectivity index is 2.99. The molecule has 0 aliphatic carbocycles. The molecule has 0 bridgehead atoms. The van der Waals surface area contributed by atoms with E-state index in [-0.39, 0.29) is 23.0 Å². The van der Waals surface area contributed by atoms with E-state index in [1.54, 1.807) is 29.0 Å². The third kappa shape index (κ3) is 3.66. The first-order valence-corrected chi connectivity index (χ1v) is 6.90. The Morgan fingerprint density at radius 1 is 1.35 bits per heavy atom. The smallest absolute Gasteiger partial charge is 0.242 e. The van der Waals surface area contributed by atoms with Crippen LogP contribution in [0.5, 0.6) is 0 Å². The van der Waals surface area contributed by atoms with Gasteiger partial charge in [-0.1, -0.05) is 18.3 Å². The summed E-state index contributed by atoms with van der Waals surface area (Å²) >= 11 is 4.88. The minimum Gasteiger partial charge on any atom is -0.389 e. The molecule has 0 saturated heterocycles. The molecule has 1 amide bonds. The Morgan fingerprint density at radius 3 is 2.45 bits per heavy atom. The van der Waals surface area contributed by atoms with Crippen molar-refractivity contribution in [2.45, 2.75) is 13.8 Å². The molecule has 0 radical (unpaired) electrons. The van der Waals surface area contributed by atoms with Gasteiger partial charge in [0.1, 0.15) is 10.8 Å². The largest absolute Gasteiger partial charge is 0.389 e. The molecule has 0 atom stereocenters. The first-order chi connectivity index (χ1) is 9.42. The van der Waals surface area contributed by atoms with Crippen LogP contribution in [0, 0.1) is 5.82 Å². The number of carbonyl (C=O) groups is 1. The Labute approximate surface area is 124 Å². The van der Waals surface area contributed by atoms with Gasteiger partial charge in [0.05, 0.1) is 17.8 Å². The van der Waals surface area contributed by atoms with Crippen LogP contribution in [0.4, 0.5) is 10.1 Å². The second-order valence-corrected chi connectivity index (χ2v) is 4.86. The lowest BCUT2D eigenvalue weighted by Crippen LogP contribution is -2.39. The lowest BCUT2D eigenvalue weighted by atomic mass is 10.1. The van der Waals surface area contributed by atoms with Crippen molar-refractivity contribution in [1.82, 2.24) is 4.90 Å². The molecule has 0 unspecified atom stereocenters. The van der Waals surface area contributed by atoms with Crippen molar-refractivity contribution in [1.29, 1.82) is 0 Å². The van der Waals surface area contributed by atoms with Crippen molar-refractivity contribution in [2.24, 2.45) is 5.73 Å². The fourth-order valence-corrected chi connectivity index (χ4v) is 2.24. The highest BCUT2D eigenvalue weighted by Crippen LogP contribution is 2.22. The molecular formula is C14H20FN3OS. The van der Waals surface area contributed by atoms with Crippen LogP contribution >= 0.6 is 12.2 Å². The molecule has 1 aromatic carbocycles. The Bertz CT molecular complexity index is 503. The van der Waals surface area contributed by atoms with Gasteiger partial charge in [-0.15, -0.1) is 0 Å². The number of hydrogen-bond donors (Lipinski definition) is 1. The SMILES string of the molecule is CCN(CC)C(=O)CN(C)c1cccc(F)c1C(N)=S. The first-order valence-electron chi connectivity index (χ1n) is 6.49. The summed E-state index contributed by atoms with van der Waals surface area (Å²) in [5.74, 6) is -0.493. The van der Waals surface area contributed by atoms with Gasteiger partial charge in [0.25, 0.3) is 0 Å². The van der Waals surface area contributed by atoms with Gasteiger partial charge in [-0.25, -0.2) is 4.39 Å². The topological polar surface area (TPSA) is 49.6 Å². The third-order valence-corrected chi connectivity index (χ3v) is 3.34. The van der Waals surface area contributed by atoms with E-state index in [9.17, 15) is 9.18 Å². The van der Waals surface area contributed by atoms with Crippen LogP contribution < -0.4 is 10.6 Å². The van der Waals surface area contributed by atoms with Gasteiger partial charge in [0.15, 0.2) is 0 Å². The van der Waals surface area contributed by atoms with Crippen LogP contribution in [-0.2, 0) is 4.79 Å². The zero-order valence-electron chi connectivity index (χ0n) is 12.0. The standard InChI is InChI=1S/C14H20FN3OS/c1-4-18(5-2)12(19)9-17(3)11-8-6-7-10(15)13(11)14(16)20/h6-8H,4-5,9H2,1-3H3,(H2,16,20). The van der Waals surface area contributed by atoms with Crippen molar-refractivity contribution in [3.8, 4) is 0 Å². The molecule has 4 nitrogen and oxygen atoms in total. The fourth-order valence-electron chi connectivity index (χ4n) is 2.04. The molecule has 20 heavy (non-hydrogen) atoms. The monoisotopic (exact) mass is 297 g/mol. The highest BCUT2D eigenvalue weighted by Gasteiger charge is 2.18. The summed E-state index contributed by atoms with van der Waals surface area (Å²) in [6, 6.07) is 4.58. The molecule has 0 aromatic heterocycles. The molecule has 0 aliphatic rings. The Hall–Kier alpha value is -1.69. The molecule has 0 heterocycles. The molecule has 6 heteroatoms. The average Bonchev–Trinajstić information content (AvgIpc) is 2.39. The van der Waals surface area contributed by atoms with E-state index in [1.165, 1.54) is 6.07 Å². The maximum atomic E-state index is 13.8.